The van der Waals surface area contributed by atoms with Crippen LogP contribution in [0, 0.1) is 6.92 Å². The number of Topliss-reactive ketones (excluding diaryl/α,β-unsaturated/α-hetero) is 1. The lowest BCUT2D eigenvalue weighted by Crippen LogP contribution is -2.04. The van der Waals surface area contributed by atoms with Crippen LogP contribution in [0.1, 0.15) is 27.0 Å². The molecule has 3 aromatic carbocycles. The van der Waals surface area contributed by atoms with Gasteiger partial charge in [-0.3, -0.25) is 4.79 Å². The van der Waals surface area contributed by atoms with Crippen LogP contribution in [0.4, 0.5) is 8.78 Å². The smallest absolute Gasteiger partial charge is 0.387 e. The zero-order valence-electron chi connectivity index (χ0n) is 16.1. The zero-order chi connectivity index (χ0) is 21.1. The number of alkyl halides is 2. The average Bonchev–Trinajstić information content (AvgIpc) is 3.03. The molecule has 0 aromatic heterocycles. The molecule has 30 heavy (non-hydrogen) atoms. The molecule has 1 aliphatic heterocycles. The summed E-state index contributed by atoms with van der Waals surface area (Å²) in [5.74, 6) is 0.590. The summed E-state index contributed by atoms with van der Waals surface area (Å²) in [5, 5.41) is 0. The van der Waals surface area contributed by atoms with Gasteiger partial charge in [-0.25, -0.2) is 0 Å². The predicted octanol–water partition coefficient (Wildman–Crippen LogP) is 5.79. The number of benzene rings is 3. The van der Waals surface area contributed by atoms with E-state index in [4.69, 9.17) is 9.47 Å². The highest BCUT2D eigenvalue weighted by molar-refractivity contribution is 6.14. The van der Waals surface area contributed by atoms with E-state index in [9.17, 15) is 13.6 Å². The van der Waals surface area contributed by atoms with Gasteiger partial charge < -0.3 is 14.2 Å². The molecule has 0 radical (unpaired) electrons. The fraction of sp³-hybridized carbons (Fsp3) is 0.125. The van der Waals surface area contributed by atoms with E-state index in [0.717, 1.165) is 5.56 Å². The summed E-state index contributed by atoms with van der Waals surface area (Å²) < 4.78 is 41.2. The molecule has 4 rings (SSSR count). The molecular formula is C24H18F2O4. The first-order valence-electron chi connectivity index (χ1n) is 9.30. The molecule has 0 bridgehead atoms. The molecule has 0 saturated carbocycles. The molecule has 6 heteroatoms. The number of carbonyl (C=O) groups is 1. The van der Waals surface area contributed by atoms with E-state index in [1.807, 2.05) is 31.2 Å². The molecule has 1 heterocycles. The second-order valence-corrected chi connectivity index (χ2v) is 6.79. The van der Waals surface area contributed by atoms with Crippen molar-refractivity contribution in [2.45, 2.75) is 20.1 Å². The zero-order valence-corrected chi connectivity index (χ0v) is 16.1. The van der Waals surface area contributed by atoms with Crippen LogP contribution in [-0.4, -0.2) is 12.4 Å². The van der Waals surface area contributed by atoms with E-state index in [2.05, 4.69) is 4.74 Å². The maximum atomic E-state index is 12.6. The summed E-state index contributed by atoms with van der Waals surface area (Å²) in [6, 6.07) is 19.2. The maximum absolute atomic E-state index is 12.6. The summed E-state index contributed by atoms with van der Waals surface area (Å²) in [6.45, 7) is -0.563. The van der Waals surface area contributed by atoms with Gasteiger partial charge in [0.2, 0.25) is 5.78 Å². The average molecular weight is 408 g/mol. The third-order valence-corrected chi connectivity index (χ3v) is 4.59. The van der Waals surface area contributed by atoms with Crippen LogP contribution in [0.25, 0.3) is 6.08 Å². The van der Waals surface area contributed by atoms with Gasteiger partial charge in [-0.05, 0) is 36.8 Å². The van der Waals surface area contributed by atoms with Crippen LogP contribution in [0.15, 0.2) is 72.5 Å². The molecule has 1 aliphatic rings. The van der Waals surface area contributed by atoms with E-state index >= 15 is 0 Å². The highest BCUT2D eigenvalue weighted by Crippen LogP contribution is 2.36. The summed E-state index contributed by atoms with van der Waals surface area (Å²) >= 11 is 0. The number of carbonyl (C=O) groups excluding carboxylic acids is 1. The van der Waals surface area contributed by atoms with Crippen LogP contribution in [-0.2, 0) is 6.61 Å². The van der Waals surface area contributed by atoms with Crippen molar-refractivity contribution in [1.29, 1.82) is 0 Å². The molecule has 152 valence electrons. The number of para-hydroxylation sites is 1. The number of ether oxygens (including phenoxy) is 3. The van der Waals surface area contributed by atoms with Crippen LogP contribution in [0.5, 0.6) is 17.2 Å². The number of halogens is 2. The number of ketones is 1. The van der Waals surface area contributed by atoms with Crippen molar-refractivity contribution in [2.75, 3.05) is 0 Å². The Hall–Kier alpha value is -3.67. The summed E-state index contributed by atoms with van der Waals surface area (Å²) in [4.78, 5) is 12.6. The van der Waals surface area contributed by atoms with Crippen molar-refractivity contribution in [3.05, 3.63) is 94.7 Å². The van der Waals surface area contributed by atoms with Crippen molar-refractivity contribution in [2.24, 2.45) is 0 Å². The van der Waals surface area contributed by atoms with Crippen LogP contribution in [0.3, 0.4) is 0 Å². The second-order valence-electron chi connectivity index (χ2n) is 6.79. The van der Waals surface area contributed by atoms with E-state index in [-0.39, 0.29) is 17.3 Å². The summed E-state index contributed by atoms with van der Waals surface area (Å²) in [7, 11) is 0. The maximum Gasteiger partial charge on any atom is 0.387 e. The molecule has 0 N–H and O–H groups in total. The number of hydrogen-bond acceptors (Lipinski definition) is 4. The van der Waals surface area contributed by atoms with Gasteiger partial charge >= 0.3 is 6.61 Å². The van der Waals surface area contributed by atoms with Crippen LogP contribution < -0.4 is 14.2 Å². The van der Waals surface area contributed by atoms with Gasteiger partial charge in [-0.1, -0.05) is 48.0 Å². The fourth-order valence-corrected chi connectivity index (χ4v) is 3.05. The lowest BCUT2D eigenvalue weighted by atomic mass is 10.1. The van der Waals surface area contributed by atoms with Gasteiger partial charge in [-0.15, -0.1) is 0 Å². The van der Waals surface area contributed by atoms with Gasteiger partial charge in [0.25, 0.3) is 0 Å². The highest BCUT2D eigenvalue weighted by atomic mass is 19.3. The molecule has 3 aromatic rings. The van der Waals surface area contributed by atoms with Crippen molar-refractivity contribution >= 4 is 11.9 Å². The standard InChI is InChI=1S/C24H18F2O4/c1-15-6-8-16(9-7-15)14-28-18-10-11-19-21(13-18)29-22(23(19)27)12-17-4-2-3-5-20(17)30-24(25)26/h2-13,24H,14H2,1H3/b22-12-. The number of fused-ring (bicyclic) bond motifs is 1. The normalized spacial score (nSPS) is 14.0. The number of rotatable bonds is 6. The minimum atomic E-state index is -2.96. The number of allylic oxidation sites excluding steroid dienone is 1. The molecular weight excluding hydrogens is 390 g/mol. The SMILES string of the molecule is Cc1ccc(COc2ccc3c(c2)O/C(=C\c2ccccc2OC(F)F)C3=O)cc1. The number of hydrogen-bond donors (Lipinski definition) is 0. The Morgan fingerprint density at radius 2 is 1.80 bits per heavy atom. The molecule has 0 unspecified atom stereocenters. The van der Waals surface area contributed by atoms with Gasteiger partial charge in [0.05, 0.1) is 5.56 Å². The van der Waals surface area contributed by atoms with Crippen molar-refractivity contribution in [3.63, 3.8) is 0 Å². The third kappa shape index (κ3) is 4.33. The number of aryl methyl sites for hydroxylation is 1. The molecule has 0 aliphatic carbocycles. The first kappa shape index (κ1) is 19.6. The topological polar surface area (TPSA) is 44.8 Å². The minimum Gasteiger partial charge on any atom is -0.489 e. The molecule has 0 atom stereocenters. The first-order valence-corrected chi connectivity index (χ1v) is 9.30. The summed E-state index contributed by atoms with van der Waals surface area (Å²) in [5.41, 5.74) is 2.90. The van der Waals surface area contributed by atoms with Gasteiger partial charge in [0, 0.05) is 11.6 Å². The first-order chi connectivity index (χ1) is 14.5. The van der Waals surface area contributed by atoms with Gasteiger partial charge in [0.1, 0.15) is 23.9 Å². The van der Waals surface area contributed by atoms with Crippen molar-refractivity contribution in [1.82, 2.24) is 0 Å². The van der Waals surface area contributed by atoms with Crippen molar-refractivity contribution in [3.8, 4) is 17.2 Å². The Morgan fingerprint density at radius 3 is 2.57 bits per heavy atom. The van der Waals surface area contributed by atoms with Crippen molar-refractivity contribution < 1.29 is 27.8 Å². The fourth-order valence-electron chi connectivity index (χ4n) is 3.05. The monoisotopic (exact) mass is 408 g/mol. The highest BCUT2D eigenvalue weighted by Gasteiger charge is 2.28. The van der Waals surface area contributed by atoms with E-state index in [0.29, 0.717) is 29.2 Å². The quantitative estimate of drug-likeness (QED) is 0.484. The van der Waals surface area contributed by atoms with Gasteiger partial charge in [0.15, 0.2) is 5.76 Å². The van der Waals surface area contributed by atoms with Crippen LogP contribution in [0.2, 0.25) is 0 Å². The van der Waals surface area contributed by atoms with Gasteiger partial charge in [-0.2, -0.15) is 8.78 Å². The lowest BCUT2D eigenvalue weighted by Gasteiger charge is -2.08. The molecule has 0 amide bonds. The Kier molecular flexibility index (Phi) is 5.48. The minimum absolute atomic E-state index is 0.0329. The molecule has 0 saturated heterocycles. The Bertz CT molecular complexity index is 1100. The van der Waals surface area contributed by atoms with E-state index in [1.54, 1.807) is 36.4 Å². The Balaban J connectivity index is 1.52. The Labute approximate surface area is 172 Å². The third-order valence-electron chi connectivity index (χ3n) is 4.59. The second kappa shape index (κ2) is 8.37. The molecule has 0 spiro atoms. The predicted molar refractivity (Wildman–Crippen MR) is 108 cm³/mol. The van der Waals surface area contributed by atoms with E-state index < -0.39 is 6.61 Å². The largest absolute Gasteiger partial charge is 0.489 e. The molecule has 4 nitrogen and oxygen atoms in total. The summed E-state index contributed by atoms with van der Waals surface area (Å²) in [6.07, 6.45) is 1.40. The van der Waals surface area contributed by atoms with E-state index in [1.165, 1.54) is 17.7 Å². The lowest BCUT2D eigenvalue weighted by molar-refractivity contribution is -0.0499. The van der Waals surface area contributed by atoms with Crippen LogP contribution >= 0.6 is 0 Å². The Morgan fingerprint density at radius 1 is 1.03 bits per heavy atom. The molecule has 0 fully saturated rings.